The van der Waals surface area contributed by atoms with Gasteiger partial charge in [0, 0.05) is 22.5 Å². The standard InChI is InChI=1S/C15H8ClN/c16-15-12-7-3-6-11-9-4-1-2-5-10(9)13(8-17-15)14(11)12/h1-8H. The molecule has 1 aliphatic rings. The molecule has 17 heavy (non-hydrogen) atoms. The molecule has 0 unspecified atom stereocenters. The van der Waals surface area contributed by atoms with E-state index in [9.17, 15) is 0 Å². The molecule has 0 saturated heterocycles. The van der Waals surface area contributed by atoms with Crippen LogP contribution in [0.1, 0.15) is 0 Å². The molecule has 0 amide bonds. The van der Waals surface area contributed by atoms with Gasteiger partial charge in [-0.25, -0.2) is 4.98 Å². The molecule has 2 heteroatoms. The van der Waals surface area contributed by atoms with Crippen LogP contribution in [0.5, 0.6) is 0 Å². The molecule has 0 aliphatic heterocycles. The lowest BCUT2D eigenvalue weighted by Crippen LogP contribution is -1.81. The van der Waals surface area contributed by atoms with Crippen LogP contribution in [0.15, 0.2) is 48.7 Å². The first-order valence-corrected chi connectivity index (χ1v) is 5.91. The molecule has 0 spiro atoms. The number of aromatic nitrogens is 1. The quantitative estimate of drug-likeness (QED) is 0.409. The predicted octanol–water partition coefficient (Wildman–Crippen LogP) is 4.54. The largest absolute Gasteiger partial charge is 0.243 e. The highest BCUT2D eigenvalue weighted by atomic mass is 35.5. The third-order valence-corrected chi connectivity index (χ3v) is 3.67. The fraction of sp³-hybridized carbons (Fsp3) is 0. The Morgan fingerprint density at radius 3 is 2.29 bits per heavy atom. The molecule has 80 valence electrons. The van der Waals surface area contributed by atoms with E-state index >= 15 is 0 Å². The van der Waals surface area contributed by atoms with Crippen LogP contribution in [-0.4, -0.2) is 4.98 Å². The van der Waals surface area contributed by atoms with Crippen LogP contribution in [0.2, 0.25) is 5.15 Å². The maximum Gasteiger partial charge on any atom is 0.136 e. The van der Waals surface area contributed by atoms with Crippen LogP contribution in [0.3, 0.4) is 0 Å². The maximum atomic E-state index is 6.16. The minimum absolute atomic E-state index is 0.582. The highest BCUT2D eigenvalue weighted by Crippen LogP contribution is 2.47. The summed E-state index contributed by atoms with van der Waals surface area (Å²) < 4.78 is 0. The second-order valence-electron chi connectivity index (χ2n) is 4.24. The van der Waals surface area contributed by atoms with Crippen molar-refractivity contribution in [2.45, 2.75) is 0 Å². The molecule has 1 nitrogen and oxygen atoms in total. The predicted molar refractivity (Wildman–Crippen MR) is 71.2 cm³/mol. The van der Waals surface area contributed by atoms with Gasteiger partial charge in [-0.05, 0) is 16.7 Å². The van der Waals surface area contributed by atoms with Crippen LogP contribution in [0, 0.1) is 0 Å². The van der Waals surface area contributed by atoms with Gasteiger partial charge in [-0.15, -0.1) is 0 Å². The Labute approximate surface area is 104 Å². The number of hydrogen-bond donors (Lipinski definition) is 0. The summed E-state index contributed by atoms with van der Waals surface area (Å²) >= 11 is 6.16. The summed E-state index contributed by atoms with van der Waals surface area (Å²) in [6.45, 7) is 0. The first-order valence-electron chi connectivity index (χ1n) is 5.53. The molecular weight excluding hydrogens is 230 g/mol. The molecule has 0 radical (unpaired) electrons. The number of fused-ring (bicyclic) bond motifs is 3. The van der Waals surface area contributed by atoms with E-state index < -0.39 is 0 Å². The SMILES string of the molecule is Clc1ncc2c3c(cccc13)-c1ccccc1-2. The minimum Gasteiger partial charge on any atom is -0.243 e. The van der Waals surface area contributed by atoms with Gasteiger partial charge in [0.25, 0.3) is 0 Å². The summed E-state index contributed by atoms with van der Waals surface area (Å²) in [6.07, 6.45) is 1.88. The fourth-order valence-corrected chi connectivity index (χ4v) is 2.86. The zero-order chi connectivity index (χ0) is 11.4. The first kappa shape index (κ1) is 9.20. The molecule has 0 saturated carbocycles. The van der Waals surface area contributed by atoms with Crippen LogP contribution in [0.4, 0.5) is 0 Å². The van der Waals surface area contributed by atoms with E-state index in [0.29, 0.717) is 5.15 Å². The average molecular weight is 238 g/mol. The normalized spacial score (nSPS) is 11.8. The van der Waals surface area contributed by atoms with Gasteiger partial charge in [-0.1, -0.05) is 54.1 Å². The number of rotatable bonds is 0. The zero-order valence-corrected chi connectivity index (χ0v) is 9.70. The number of halogens is 1. The summed E-state index contributed by atoms with van der Waals surface area (Å²) in [5, 5.41) is 2.85. The molecule has 0 bridgehead atoms. The Morgan fingerprint density at radius 1 is 0.765 bits per heavy atom. The average Bonchev–Trinajstić information content (AvgIpc) is 2.70. The summed E-state index contributed by atoms with van der Waals surface area (Å²) in [5.74, 6) is 0. The van der Waals surface area contributed by atoms with Crippen molar-refractivity contribution in [1.82, 2.24) is 4.98 Å². The third kappa shape index (κ3) is 1.07. The monoisotopic (exact) mass is 237 g/mol. The topological polar surface area (TPSA) is 12.9 Å². The van der Waals surface area contributed by atoms with E-state index in [0.717, 1.165) is 5.39 Å². The molecule has 2 aromatic carbocycles. The van der Waals surface area contributed by atoms with E-state index in [4.69, 9.17) is 11.6 Å². The lowest BCUT2D eigenvalue weighted by Gasteiger charge is -2.02. The molecule has 0 N–H and O–H groups in total. The van der Waals surface area contributed by atoms with Crippen LogP contribution < -0.4 is 0 Å². The van der Waals surface area contributed by atoms with Crippen molar-refractivity contribution in [1.29, 1.82) is 0 Å². The van der Waals surface area contributed by atoms with Crippen LogP contribution in [-0.2, 0) is 0 Å². The Balaban J connectivity index is 2.30. The lowest BCUT2D eigenvalue weighted by molar-refractivity contribution is 1.37. The van der Waals surface area contributed by atoms with Gasteiger partial charge in [0.15, 0.2) is 0 Å². The molecule has 1 aromatic heterocycles. The molecule has 1 heterocycles. The van der Waals surface area contributed by atoms with Gasteiger partial charge in [0.2, 0.25) is 0 Å². The fourth-order valence-electron chi connectivity index (χ4n) is 2.65. The smallest absolute Gasteiger partial charge is 0.136 e. The number of nitrogens with zero attached hydrogens (tertiary/aromatic N) is 1. The van der Waals surface area contributed by atoms with Gasteiger partial charge in [0.05, 0.1) is 0 Å². The van der Waals surface area contributed by atoms with Crippen molar-refractivity contribution >= 4 is 22.4 Å². The van der Waals surface area contributed by atoms with E-state index in [1.165, 1.54) is 27.6 Å². The Morgan fingerprint density at radius 2 is 1.47 bits per heavy atom. The van der Waals surface area contributed by atoms with Crippen molar-refractivity contribution in [3.05, 3.63) is 53.8 Å². The molecule has 3 aromatic rings. The van der Waals surface area contributed by atoms with Crippen molar-refractivity contribution in [2.24, 2.45) is 0 Å². The van der Waals surface area contributed by atoms with Gasteiger partial charge < -0.3 is 0 Å². The molecule has 4 rings (SSSR count). The summed E-state index contributed by atoms with van der Waals surface area (Å²) in [6, 6.07) is 14.6. The summed E-state index contributed by atoms with van der Waals surface area (Å²) in [4.78, 5) is 4.28. The van der Waals surface area contributed by atoms with Gasteiger partial charge in [-0.3, -0.25) is 0 Å². The van der Waals surface area contributed by atoms with Crippen molar-refractivity contribution in [3.63, 3.8) is 0 Å². The molecule has 1 aliphatic carbocycles. The highest BCUT2D eigenvalue weighted by Gasteiger charge is 2.21. The third-order valence-electron chi connectivity index (χ3n) is 3.37. The molecule has 0 fully saturated rings. The van der Waals surface area contributed by atoms with Crippen molar-refractivity contribution in [3.8, 4) is 22.3 Å². The maximum absolute atomic E-state index is 6.16. The highest BCUT2D eigenvalue weighted by molar-refractivity contribution is 6.36. The number of hydrogen-bond acceptors (Lipinski definition) is 1. The van der Waals surface area contributed by atoms with E-state index in [1.807, 2.05) is 18.3 Å². The summed E-state index contributed by atoms with van der Waals surface area (Å²) in [5.41, 5.74) is 4.98. The number of benzene rings is 2. The first-order chi connectivity index (χ1) is 8.36. The van der Waals surface area contributed by atoms with Crippen LogP contribution in [0.25, 0.3) is 33.0 Å². The van der Waals surface area contributed by atoms with E-state index in [2.05, 4.69) is 35.3 Å². The Kier molecular flexibility index (Phi) is 1.67. The number of pyridine rings is 1. The van der Waals surface area contributed by atoms with Crippen molar-refractivity contribution in [2.75, 3.05) is 0 Å². The second-order valence-corrected chi connectivity index (χ2v) is 4.59. The van der Waals surface area contributed by atoms with Crippen molar-refractivity contribution < 1.29 is 0 Å². The van der Waals surface area contributed by atoms with Gasteiger partial charge in [-0.2, -0.15) is 0 Å². The van der Waals surface area contributed by atoms with Crippen LogP contribution >= 0.6 is 11.6 Å². The Bertz CT molecular complexity index is 733. The molecule has 0 atom stereocenters. The summed E-state index contributed by atoms with van der Waals surface area (Å²) in [7, 11) is 0. The van der Waals surface area contributed by atoms with Gasteiger partial charge >= 0.3 is 0 Å². The van der Waals surface area contributed by atoms with E-state index in [-0.39, 0.29) is 0 Å². The van der Waals surface area contributed by atoms with Gasteiger partial charge in [0.1, 0.15) is 5.15 Å². The minimum atomic E-state index is 0.582. The second kappa shape index (κ2) is 3.08. The Hall–Kier alpha value is -1.86. The molecular formula is C15H8ClN. The van der Waals surface area contributed by atoms with E-state index in [1.54, 1.807) is 0 Å². The zero-order valence-electron chi connectivity index (χ0n) is 8.94. The lowest BCUT2D eigenvalue weighted by atomic mass is 10.1.